The molecule has 1 saturated carbocycles. The highest BCUT2D eigenvalue weighted by Gasteiger charge is 2.35. The minimum Gasteiger partial charge on any atom is -0.353 e. The summed E-state index contributed by atoms with van der Waals surface area (Å²) in [5.41, 5.74) is 2.39. The molecule has 0 aromatic heterocycles. The maximum atomic E-state index is 12.6. The van der Waals surface area contributed by atoms with Crippen LogP contribution in [0.4, 0.5) is 11.4 Å². The predicted octanol–water partition coefficient (Wildman–Crippen LogP) is 2.50. The number of nitrogens with zero attached hydrogens (tertiary/aromatic N) is 1. The van der Waals surface area contributed by atoms with Crippen LogP contribution in [0.2, 0.25) is 0 Å². The number of carbonyl (C=O) groups is 3. The van der Waals surface area contributed by atoms with Crippen molar-refractivity contribution < 1.29 is 14.4 Å². The largest absolute Gasteiger partial charge is 0.353 e. The van der Waals surface area contributed by atoms with Gasteiger partial charge in [-0.15, -0.1) is 0 Å². The zero-order chi connectivity index (χ0) is 19.5. The Morgan fingerprint density at radius 1 is 1.00 bits per heavy atom. The zero-order valence-electron chi connectivity index (χ0n) is 15.6. The third-order valence-corrected chi connectivity index (χ3v) is 5.09. The van der Waals surface area contributed by atoms with Crippen molar-refractivity contribution in [1.82, 2.24) is 5.32 Å². The molecule has 2 aromatic rings. The fraction of sp³-hybridized carbons (Fsp3) is 0.318. The first kappa shape index (κ1) is 18.2. The lowest BCUT2D eigenvalue weighted by molar-refractivity contribution is -0.122. The van der Waals surface area contributed by atoms with E-state index in [1.165, 1.54) is 0 Å². The molecule has 1 heterocycles. The van der Waals surface area contributed by atoms with E-state index in [1.807, 2.05) is 42.5 Å². The number of rotatable bonds is 6. The summed E-state index contributed by atoms with van der Waals surface area (Å²) in [4.78, 5) is 38.4. The molecule has 2 aromatic carbocycles. The van der Waals surface area contributed by atoms with Gasteiger partial charge in [-0.25, -0.2) is 0 Å². The van der Waals surface area contributed by atoms with Gasteiger partial charge in [-0.2, -0.15) is 0 Å². The number of para-hydroxylation sites is 1. The lowest BCUT2D eigenvalue weighted by atomic mass is 10.1. The van der Waals surface area contributed by atoms with Gasteiger partial charge >= 0.3 is 0 Å². The van der Waals surface area contributed by atoms with Gasteiger partial charge in [0, 0.05) is 30.4 Å². The number of hydrogen-bond acceptors (Lipinski definition) is 3. The second-order valence-corrected chi connectivity index (χ2v) is 7.45. The maximum absolute atomic E-state index is 12.6. The van der Waals surface area contributed by atoms with Gasteiger partial charge < -0.3 is 15.5 Å². The molecule has 3 amide bonds. The van der Waals surface area contributed by atoms with Gasteiger partial charge in [0.1, 0.15) is 0 Å². The molecule has 1 aliphatic heterocycles. The highest BCUT2D eigenvalue weighted by molar-refractivity contribution is 6.03. The van der Waals surface area contributed by atoms with Crippen LogP contribution in [-0.2, 0) is 20.8 Å². The summed E-state index contributed by atoms with van der Waals surface area (Å²) in [6.45, 7) is 0.383. The number of hydrogen-bond donors (Lipinski definition) is 2. The Morgan fingerprint density at radius 2 is 1.71 bits per heavy atom. The van der Waals surface area contributed by atoms with Gasteiger partial charge in [0.05, 0.1) is 12.3 Å². The average molecular weight is 377 g/mol. The van der Waals surface area contributed by atoms with Gasteiger partial charge in [-0.3, -0.25) is 14.4 Å². The van der Waals surface area contributed by atoms with E-state index in [1.54, 1.807) is 17.0 Å². The monoisotopic (exact) mass is 377 g/mol. The van der Waals surface area contributed by atoms with Gasteiger partial charge in [-0.05, 0) is 42.7 Å². The first-order valence-electron chi connectivity index (χ1n) is 9.63. The van der Waals surface area contributed by atoms with Crippen LogP contribution in [-0.4, -0.2) is 30.3 Å². The summed E-state index contributed by atoms with van der Waals surface area (Å²) in [6.07, 6.45) is 2.69. The van der Waals surface area contributed by atoms with Crippen molar-refractivity contribution >= 4 is 29.1 Å². The minimum absolute atomic E-state index is 0.0322. The Morgan fingerprint density at radius 3 is 2.39 bits per heavy atom. The molecule has 1 atom stereocenters. The molecule has 2 fully saturated rings. The molecule has 144 valence electrons. The second kappa shape index (κ2) is 7.84. The molecule has 0 unspecified atom stereocenters. The zero-order valence-corrected chi connectivity index (χ0v) is 15.6. The molecule has 2 N–H and O–H groups in total. The fourth-order valence-corrected chi connectivity index (χ4v) is 3.38. The maximum Gasteiger partial charge on any atom is 0.229 e. The molecule has 6 nitrogen and oxygen atoms in total. The van der Waals surface area contributed by atoms with Crippen LogP contribution >= 0.6 is 0 Å². The molecule has 28 heavy (non-hydrogen) atoms. The normalized spacial score (nSPS) is 18.8. The Balaban J connectivity index is 1.32. The summed E-state index contributed by atoms with van der Waals surface area (Å²) in [5.74, 6) is -0.546. The van der Waals surface area contributed by atoms with Gasteiger partial charge in [-0.1, -0.05) is 30.3 Å². The van der Waals surface area contributed by atoms with Gasteiger partial charge in [0.25, 0.3) is 0 Å². The molecule has 2 aliphatic rings. The Bertz CT molecular complexity index is 876. The second-order valence-electron chi connectivity index (χ2n) is 7.45. The Hall–Kier alpha value is -3.15. The van der Waals surface area contributed by atoms with Crippen molar-refractivity contribution in [2.75, 3.05) is 16.8 Å². The van der Waals surface area contributed by atoms with E-state index in [0.29, 0.717) is 24.7 Å². The molecule has 0 spiro atoms. The quantitative estimate of drug-likeness (QED) is 0.812. The SMILES string of the molecule is O=C(Cc1ccc(NC(=O)[C@H]2CC(=O)N(c3ccccc3)C2)cc1)NC1CC1. The van der Waals surface area contributed by atoms with E-state index < -0.39 is 0 Å². The van der Waals surface area contributed by atoms with Crippen molar-refractivity contribution in [3.8, 4) is 0 Å². The minimum atomic E-state index is -0.378. The summed E-state index contributed by atoms with van der Waals surface area (Å²) in [7, 11) is 0. The summed E-state index contributed by atoms with van der Waals surface area (Å²) < 4.78 is 0. The first-order valence-corrected chi connectivity index (χ1v) is 9.63. The van der Waals surface area contributed by atoms with Crippen LogP contribution in [0.3, 0.4) is 0 Å². The van der Waals surface area contributed by atoms with Crippen LogP contribution in [0.25, 0.3) is 0 Å². The predicted molar refractivity (Wildman–Crippen MR) is 107 cm³/mol. The van der Waals surface area contributed by atoms with E-state index in [0.717, 1.165) is 24.1 Å². The average Bonchev–Trinajstić information content (AvgIpc) is 3.42. The summed E-state index contributed by atoms with van der Waals surface area (Å²) in [5, 5.41) is 5.84. The van der Waals surface area contributed by atoms with E-state index in [4.69, 9.17) is 0 Å². The first-order chi connectivity index (χ1) is 13.6. The summed E-state index contributed by atoms with van der Waals surface area (Å²) >= 11 is 0. The molecule has 1 aliphatic carbocycles. The van der Waals surface area contributed by atoms with E-state index >= 15 is 0 Å². The molecular weight excluding hydrogens is 354 g/mol. The summed E-state index contributed by atoms with van der Waals surface area (Å²) in [6, 6.07) is 17.0. The van der Waals surface area contributed by atoms with Crippen LogP contribution < -0.4 is 15.5 Å². The molecule has 0 radical (unpaired) electrons. The molecule has 4 rings (SSSR count). The Kier molecular flexibility index (Phi) is 5.10. The third-order valence-electron chi connectivity index (χ3n) is 5.09. The van der Waals surface area contributed by atoms with Crippen molar-refractivity contribution in [3.05, 3.63) is 60.2 Å². The lowest BCUT2D eigenvalue weighted by Gasteiger charge is -2.16. The number of carbonyl (C=O) groups excluding carboxylic acids is 3. The molecule has 0 bridgehead atoms. The van der Waals surface area contributed by atoms with Crippen LogP contribution in [0.1, 0.15) is 24.8 Å². The topological polar surface area (TPSA) is 78.5 Å². The van der Waals surface area contributed by atoms with Gasteiger partial charge in [0.2, 0.25) is 17.7 Å². The van der Waals surface area contributed by atoms with E-state index in [9.17, 15) is 14.4 Å². The van der Waals surface area contributed by atoms with E-state index in [-0.39, 0.29) is 30.1 Å². The third kappa shape index (κ3) is 4.39. The fourth-order valence-electron chi connectivity index (χ4n) is 3.38. The van der Waals surface area contributed by atoms with Crippen LogP contribution in [0.5, 0.6) is 0 Å². The highest BCUT2D eigenvalue weighted by atomic mass is 16.2. The lowest BCUT2D eigenvalue weighted by Crippen LogP contribution is -2.28. The van der Waals surface area contributed by atoms with E-state index in [2.05, 4.69) is 10.6 Å². The van der Waals surface area contributed by atoms with Crippen molar-refractivity contribution in [3.63, 3.8) is 0 Å². The highest BCUT2D eigenvalue weighted by Crippen LogP contribution is 2.26. The van der Waals surface area contributed by atoms with Crippen molar-refractivity contribution in [1.29, 1.82) is 0 Å². The molecule has 6 heteroatoms. The van der Waals surface area contributed by atoms with Crippen LogP contribution in [0, 0.1) is 5.92 Å². The number of benzene rings is 2. The van der Waals surface area contributed by atoms with Crippen molar-refractivity contribution in [2.45, 2.75) is 31.7 Å². The molecule has 1 saturated heterocycles. The number of amides is 3. The number of anilines is 2. The number of nitrogens with one attached hydrogen (secondary N) is 2. The van der Waals surface area contributed by atoms with Crippen molar-refractivity contribution in [2.24, 2.45) is 5.92 Å². The Labute approximate surface area is 163 Å². The van der Waals surface area contributed by atoms with Crippen LogP contribution in [0.15, 0.2) is 54.6 Å². The van der Waals surface area contributed by atoms with Gasteiger partial charge in [0.15, 0.2) is 0 Å². The smallest absolute Gasteiger partial charge is 0.229 e. The molecular formula is C22H23N3O3. The standard InChI is InChI=1S/C22H23N3O3/c26-20(23-17-10-11-17)12-15-6-8-18(9-7-15)24-22(28)16-13-21(27)25(14-16)19-4-2-1-3-5-19/h1-9,16-17H,10-14H2,(H,23,26)(H,24,28)/t16-/m0/s1.